The van der Waals surface area contributed by atoms with Crippen LogP contribution in [-0.4, -0.2) is 40.2 Å². The van der Waals surface area contributed by atoms with Crippen molar-refractivity contribution < 1.29 is 24.6 Å². The molecule has 0 aliphatic rings. The molecule has 0 radical (unpaired) electrons. The minimum absolute atomic E-state index is 0.0824. The predicted octanol–water partition coefficient (Wildman–Crippen LogP) is 0.197. The van der Waals surface area contributed by atoms with Crippen LogP contribution in [0.5, 0.6) is 5.75 Å². The predicted molar refractivity (Wildman–Crippen MR) is 82.7 cm³/mol. The molecule has 3 amide bonds. The third-order valence-corrected chi connectivity index (χ3v) is 3.26. The minimum atomic E-state index is -1.33. The number of benzene rings is 1. The molecule has 8 nitrogen and oxygen atoms in total. The van der Waals surface area contributed by atoms with Crippen LogP contribution in [0, 0.1) is 5.92 Å². The molecule has 0 saturated carbocycles. The first-order chi connectivity index (χ1) is 10.7. The molecule has 0 bridgehead atoms. The Balaban J connectivity index is 2.81. The van der Waals surface area contributed by atoms with Crippen molar-refractivity contribution in [2.24, 2.45) is 11.7 Å². The summed E-state index contributed by atoms with van der Waals surface area (Å²) in [6, 6.07) is 4.15. The maximum absolute atomic E-state index is 12.2. The summed E-state index contributed by atoms with van der Waals surface area (Å²) in [6.45, 7) is 3.36. The van der Waals surface area contributed by atoms with Crippen LogP contribution < -0.4 is 16.4 Å². The Kier molecular flexibility index (Phi) is 6.37. The highest BCUT2D eigenvalue weighted by Crippen LogP contribution is 2.11. The molecule has 1 aromatic carbocycles. The molecule has 2 unspecified atom stereocenters. The number of phenols is 1. The van der Waals surface area contributed by atoms with E-state index in [1.807, 2.05) is 0 Å². The lowest BCUT2D eigenvalue weighted by atomic mass is 10.0. The van der Waals surface area contributed by atoms with Gasteiger partial charge in [0.1, 0.15) is 17.8 Å². The Hall–Kier alpha value is -2.77. The number of hydrogen-bond donors (Lipinski definition) is 5. The van der Waals surface area contributed by atoms with Crippen molar-refractivity contribution in [3.8, 4) is 5.75 Å². The van der Waals surface area contributed by atoms with Crippen LogP contribution in [0.4, 0.5) is 4.79 Å². The van der Waals surface area contributed by atoms with E-state index < -0.39 is 30.0 Å². The van der Waals surface area contributed by atoms with Gasteiger partial charge in [0.25, 0.3) is 0 Å². The molecule has 0 fully saturated rings. The molecular formula is C15H21N3O5. The van der Waals surface area contributed by atoms with E-state index in [0.717, 1.165) is 0 Å². The first-order valence-electron chi connectivity index (χ1n) is 7.07. The van der Waals surface area contributed by atoms with E-state index in [2.05, 4.69) is 10.6 Å². The van der Waals surface area contributed by atoms with E-state index in [9.17, 15) is 19.5 Å². The Morgan fingerprint density at radius 1 is 1.13 bits per heavy atom. The van der Waals surface area contributed by atoms with E-state index in [1.54, 1.807) is 26.0 Å². The van der Waals surface area contributed by atoms with Crippen molar-refractivity contribution in [1.29, 1.82) is 0 Å². The summed E-state index contributed by atoms with van der Waals surface area (Å²) in [4.78, 5) is 34.5. The van der Waals surface area contributed by atoms with E-state index >= 15 is 0 Å². The van der Waals surface area contributed by atoms with Crippen molar-refractivity contribution in [1.82, 2.24) is 10.6 Å². The van der Waals surface area contributed by atoms with E-state index in [1.165, 1.54) is 12.1 Å². The number of primary amides is 1. The summed E-state index contributed by atoms with van der Waals surface area (Å²) in [5.74, 6) is -1.57. The highest BCUT2D eigenvalue weighted by atomic mass is 16.4. The molecule has 0 aliphatic heterocycles. The normalized spacial score (nSPS) is 13.2. The van der Waals surface area contributed by atoms with Crippen molar-refractivity contribution in [3.05, 3.63) is 29.8 Å². The quantitative estimate of drug-likeness (QED) is 0.487. The number of phenolic OH excluding ortho intramolecular Hbond substituents is 1. The average molecular weight is 323 g/mol. The van der Waals surface area contributed by atoms with Gasteiger partial charge in [-0.1, -0.05) is 26.0 Å². The maximum Gasteiger partial charge on any atom is 0.405 e. The maximum atomic E-state index is 12.2. The monoisotopic (exact) mass is 323 g/mol. The summed E-state index contributed by atoms with van der Waals surface area (Å²) >= 11 is 0. The fraction of sp³-hybridized carbons (Fsp3) is 0.400. The van der Waals surface area contributed by atoms with Gasteiger partial charge in [-0.05, 0) is 23.6 Å². The molecule has 0 saturated heterocycles. The van der Waals surface area contributed by atoms with Gasteiger partial charge in [-0.25, -0.2) is 4.79 Å². The zero-order valence-corrected chi connectivity index (χ0v) is 12.9. The summed E-state index contributed by atoms with van der Waals surface area (Å²) in [7, 11) is 0. The molecule has 2 atom stereocenters. The van der Waals surface area contributed by atoms with Crippen molar-refractivity contribution in [2.75, 3.05) is 0 Å². The zero-order valence-electron chi connectivity index (χ0n) is 12.9. The Morgan fingerprint density at radius 3 is 2.13 bits per heavy atom. The molecule has 0 heterocycles. The van der Waals surface area contributed by atoms with Crippen molar-refractivity contribution >= 4 is 17.9 Å². The largest absolute Gasteiger partial charge is 0.508 e. The third-order valence-electron chi connectivity index (χ3n) is 3.26. The van der Waals surface area contributed by atoms with E-state index in [-0.39, 0.29) is 18.1 Å². The summed E-state index contributed by atoms with van der Waals surface area (Å²) in [5, 5.41) is 22.6. The number of nitrogens with one attached hydrogen (secondary N) is 2. The van der Waals surface area contributed by atoms with Crippen molar-refractivity contribution in [2.45, 2.75) is 32.4 Å². The Labute approximate surface area is 133 Å². The number of carboxylic acid groups (broad SMARTS) is 1. The van der Waals surface area contributed by atoms with Gasteiger partial charge in [-0.15, -0.1) is 0 Å². The number of hydrogen-bond acceptors (Lipinski definition) is 4. The van der Waals surface area contributed by atoms with Crippen LogP contribution >= 0.6 is 0 Å². The lowest BCUT2D eigenvalue weighted by Crippen LogP contribution is -2.55. The molecule has 126 valence electrons. The number of aromatic hydroxyl groups is 1. The van der Waals surface area contributed by atoms with Gasteiger partial charge < -0.3 is 26.6 Å². The number of rotatable bonds is 7. The molecule has 8 heteroatoms. The second-order valence-electron chi connectivity index (χ2n) is 5.51. The van der Waals surface area contributed by atoms with Crippen LogP contribution in [0.25, 0.3) is 0 Å². The average Bonchev–Trinajstić information content (AvgIpc) is 2.45. The highest BCUT2D eigenvalue weighted by molar-refractivity contribution is 5.90. The van der Waals surface area contributed by atoms with Crippen LogP contribution in [0.2, 0.25) is 0 Å². The molecule has 23 heavy (non-hydrogen) atoms. The number of nitrogens with two attached hydrogens (primary N) is 1. The molecule has 0 spiro atoms. The van der Waals surface area contributed by atoms with Crippen LogP contribution in [0.15, 0.2) is 24.3 Å². The molecule has 1 aromatic rings. The number of carbonyl (C=O) groups is 3. The molecule has 0 aliphatic carbocycles. The fourth-order valence-corrected chi connectivity index (χ4v) is 2.02. The van der Waals surface area contributed by atoms with Gasteiger partial charge >= 0.3 is 6.09 Å². The standard InChI is InChI=1S/C15H21N3O5/c1-8(2)12(18-15(22)23)14(21)17-11(13(16)20)7-9-3-5-10(19)6-4-9/h3-6,8,11-12,18-19H,7H2,1-2H3,(H2,16,20)(H,17,21)(H,22,23). The lowest BCUT2D eigenvalue weighted by molar-refractivity contribution is -0.129. The second kappa shape index (κ2) is 8.02. The van der Waals surface area contributed by atoms with Gasteiger partial charge in [-0.2, -0.15) is 0 Å². The summed E-state index contributed by atoms with van der Waals surface area (Å²) in [6.07, 6.45) is -1.19. The molecular weight excluding hydrogens is 302 g/mol. The van der Waals surface area contributed by atoms with Crippen LogP contribution in [0.3, 0.4) is 0 Å². The molecule has 0 aromatic heterocycles. The number of carbonyl (C=O) groups excluding carboxylic acids is 2. The summed E-state index contributed by atoms with van der Waals surface area (Å²) < 4.78 is 0. The van der Waals surface area contributed by atoms with E-state index in [0.29, 0.717) is 5.56 Å². The first kappa shape index (κ1) is 18.3. The first-order valence-corrected chi connectivity index (χ1v) is 7.07. The minimum Gasteiger partial charge on any atom is -0.508 e. The fourth-order valence-electron chi connectivity index (χ4n) is 2.02. The van der Waals surface area contributed by atoms with Gasteiger partial charge in [-0.3, -0.25) is 9.59 Å². The smallest absolute Gasteiger partial charge is 0.405 e. The Bertz CT molecular complexity index is 571. The molecule has 6 N–H and O–H groups in total. The lowest BCUT2D eigenvalue weighted by Gasteiger charge is -2.23. The zero-order chi connectivity index (χ0) is 17.6. The third kappa shape index (κ3) is 5.85. The Morgan fingerprint density at radius 2 is 1.70 bits per heavy atom. The second-order valence-corrected chi connectivity index (χ2v) is 5.51. The van der Waals surface area contributed by atoms with Gasteiger partial charge in [0.2, 0.25) is 11.8 Å². The van der Waals surface area contributed by atoms with Crippen LogP contribution in [-0.2, 0) is 16.0 Å². The summed E-state index contributed by atoms with van der Waals surface area (Å²) in [5.41, 5.74) is 5.99. The van der Waals surface area contributed by atoms with Gasteiger partial charge in [0.15, 0.2) is 0 Å². The number of amides is 3. The van der Waals surface area contributed by atoms with Gasteiger partial charge in [0.05, 0.1) is 0 Å². The van der Waals surface area contributed by atoms with Crippen LogP contribution in [0.1, 0.15) is 19.4 Å². The molecule has 1 rings (SSSR count). The topological polar surface area (TPSA) is 142 Å². The SMILES string of the molecule is CC(C)C(NC(=O)O)C(=O)NC(Cc1ccc(O)cc1)C(N)=O. The highest BCUT2D eigenvalue weighted by Gasteiger charge is 2.27. The van der Waals surface area contributed by atoms with Crippen molar-refractivity contribution in [3.63, 3.8) is 0 Å². The van der Waals surface area contributed by atoms with E-state index in [4.69, 9.17) is 10.8 Å². The van der Waals surface area contributed by atoms with Gasteiger partial charge in [0, 0.05) is 6.42 Å².